The van der Waals surface area contributed by atoms with Crippen molar-refractivity contribution >= 4 is 5.57 Å². The number of nitrogens with one attached hydrogen (secondary N) is 1. The molecule has 2 aliphatic rings. The van der Waals surface area contributed by atoms with Crippen molar-refractivity contribution in [3.8, 4) is 5.88 Å². The molecular formula is C25H39N3O2. The zero-order valence-corrected chi connectivity index (χ0v) is 18.7. The molecule has 1 aromatic heterocycles. The van der Waals surface area contributed by atoms with Crippen molar-refractivity contribution in [3.05, 3.63) is 36.2 Å². The lowest BCUT2D eigenvalue weighted by Gasteiger charge is -2.19. The van der Waals surface area contributed by atoms with Crippen molar-refractivity contribution in [2.24, 2.45) is 5.92 Å². The molecule has 1 saturated carbocycles. The van der Waals surface area contributed by atoms with Crippen LogP contribution in [0.5, 0.6) is 5.88 Å². The average Bonchev–Trinajstić information content (AvgIpc) is 3.61. The van der Waals surface area contributed by atoms with Gasteiger partial charge in [-0.05, 0) is 30.9 Å². The van der Waals surface area contributed by atoms with Gasteiger partial charge in [0.15, 0.2) is 0 Å². The van der Waals surface area contributed by atoms with Crippen LogP contribution in [0.4, 0.5) is 0 Å². The summed E-state index contributed by atoms with van der Waals surface area (Å²) in [6.07, 6.45) is 21.6. The lowest BCUT2D eigenvalue weighted by Crippen LogP contribution is -2.28. The van der Waals surface area contributed by atoms with Crippen LogP contribution in [-0.2, 0) is 4.74 Å². The lowest BCUT2D eigenvalue weighted by molar-refractivity contribution is 0.0682. The van der Waals surface area contributed by atoms with E-state index >= 15 is 0 Å². The number of allylic oxidation sites excluding steroid dienone is 2. The summed E-state index contributed by atoms with van der Waals surface area (Å²) in [5.74, 6) is 1.66. The third-order valence-electron chi connectivity index (χ3n) is 5.79. The third-order valence-corrected chi connectivity index (χ3v) is 5.79. The van der Waals surface area contributed by atoms with Crippen molar-refractivity contribution in [2.75, 3.05) is 13.2 Å². The molecule has 3 rings (SSSR count). The van der Waals surface area contributed by atoms with E-state index in [0.29, 0.717) is 5.88 Å². The molecule has 1 atom stereocenters. The predicted molar refractivity (Wildman–Crippen MR) is 122 cm³/mol. The van der Waals surface area contributed by atoms with Crippen molar-refractivity contribution in [1.82, 2.24) is 15.5 Å². The van der Waals surface area contributed by atoms with Gasteiger partial charge in [0.1, 0.15) is 6.23 Å². The number of dihydropyridines is 1. The first-order valence-electron chi connectivity index (χ1n) is 12.1. The van der Waals surface area contributed by atoms with Gasteiger partial charge in [-0.2, -0.15) is 0 Å². The quantitative estimate of drug-likeness (QED) is 0.335. The first-order valence-corrected chi connectivity index (χ1v) is 12.1. The molecule has 166 valence electrons. The van der Waals surface area contributed by atoms with Crippen molar-refractivity contribution in [2.45, 2.75) is 90.2 Å². The van der Waals surface area contributed by atoms with Gasteiger partial charge in [-0.15, -0.1) is 10.2 Å². The van der Waals surface area contributed by atoms with E-state index in [1.807, 2.05) is 30.5 Å². The number of hydrogen-bond acceptors (Lipinski definition) is 5. The van der Waals surface area contributed by atoms with E-state index in [9.17, 15) is 0 Å². The van der Waals surface area contributed by atoms with Gasteiger partial charge in [-0.1, -0.05) is 77.2 Å². The largest absolute Gasteiger partial charge is 0.477 e. The Morgan fingerprint density at radius 3 is 2.43 bits per heavy atom. The molecule has 1 aliphatic carbocycles. The molecule has 1 aromatic rings. The zero-order chi connectivity index (χ0) is 20.9. The molecular weight excluding hydrogens is 374 g/mol. The number of ether oxygens (including phenoxy) is 2. The predicted octanol–water partition coefficient (Wildman–Crippen LogP) is 6.03. The van der Waals surface area contributed by atoms with Crippen LogP contribution in [0.3, 0.4) is 0 Å². The fourth-order valence-electron chi connectivity index (χ4n) is 3.67. The monoisotopic (exact) mass is 413 g/mol. The number of hydrogen-bond donors (Lipinski definition) is 1. The summed E-state index contributed by atoms with van der Waals surface area (Å²) in [6, 6.07) is 3.87. The van der Waals surface area contributed by atoms with E-state index in [-0.39, 0.29) is 6.23 Å². The fraction of sp³-hybridized carbons (Fsp3) is 0.680. The van der Waals surface area contributed by atoms with E-state index in [1.54, 1.807) is 0 Å². The highest BCUT2D eigenvalue weighted by Crippen LogP contribution is 2.34. The van der Waals surface area contributed by atoms with Crippen LogP contribution in [0.25, 0.3) is 5.57 Å². The molecule has 1 aliphatic heterocycles. The Morgan fingerprint density at radius 1 is 0.933 bits per heavy atom. The molecule has 0 amide bonds. The smallest absolute Gasteiger partial charge is 0.233 e. The van der Waals surface area contributed by atoms with Gasteiger partial charge in [-0.3, -0.25) is 0 Å². The summed E-state index contributed by atoms with van der Waals surface area (Å²) in [5, 5.41) is 11.8. The minimum absolute atomic E-state index is 0.0558. The highest BCUT2D eigenvalue weighted by atomic mass is 16.5. The van der Waals surface area contributed by atoms with Gasteiger partial charge in [0.2, 0.25) is 5.88 Å². The van der Waals surface area contributed by atoms with E-state index < -0.39 is 0 Å². The van der Waals surface area contributed by atoms with E-state index in [2.05, 4.69) is 22.4 Å². The molecule has 1 unspecified atom stereocenters. The van der Waals surface area contributed by atoms with Crippen LogP contribution in [0.2, 0.25) is 0 Å². The Labute approximate surface area is 182 Å². The Hall–Kier alpha value is -1.88. The average molecular weight is 414 g/mol. The molecule has 0 spiro atoms. The second-order valence-corrected chi connectivity index (χ2v) is 8.58. The van der Waals surface area contributed by atoms with E-state index in [1.165, 1.54) is 64.2 Å². The molecule has 0 saturated heterocycles. The molecule has 0 radical (unpaired) electrons. The van der Waals surface area contributed by atoms with Crippen LogP contribution in [0.15, 0.2) is 30.5 Å². The molecule has 5 heteroatoms. The number of unbranched alkanes of at least 4 members (excludes halogenated alkanes) is 7. The van der Waals surface area contributed by atoms with Gasteiger partial charge >= 0.3 is 0 Å². The summed E-state index contributed by atoms with van der Waals surface area (Å²) in [5.41, 5.74) is 1.84. The minimum atomic E-state index is -0.0558. The van der Waals surface area contributed by atoms with Crippen LogP contribution in [0.1, 0.15) is 89.7 Å². The molecule has 0 aromatic carbocycles. The van der Waals surface area contributed by atoms with Gasteiger partial charge < -0.3 is 14.8 Å². The maximum atomic E-state index is 5.86. The van der Waals surface area contributed by atoms with Crippen molar-refractivity contribution < 1.29 is 9.47 Å². The highest BCUT2D eigenvalue weighted by Gasteiger charge is 2.19. The maximum Gasteiger partial charge on any atom is 0.233 e. The first kappa shape index (κ1) is 22.8. The number of aromatic nitrogens is 2. The third kappa shape index (κ3) is 8.86. The van der Waals surface area contributed by atoms with Crippen molar-refractivity contribution in [1.29, 1.82) is 0 Å². The minimum Gasteiger partial charge on any atom is -0.477 e. The SMILES string of the molecule is CCCCCCCOC1C=CC(c2ccc(OCCCCCCC3CC3)nn2)=CN1. The second kappa shape index (κ2) is 13.4. The standard InChI is InChI=1S/C25H39N3O2/c1-2-3-4-6-9-18-29-24-16-14-22(20-26-24)23-15-17-25(28-27-23)30-19-10-7-5-8-11-21-12-13-21/h14-17,20-21,24,26H,2-13,18-19H2,1H3. The molecule has 30 heavy (non-hydrogen) atoms. The number of nitrogens with zero attached hydrogens (tertiary/aromatic N) is 2. The summed E-state index contributed by atoms with van der Waals surface area (Å²) < 4.78 is 11.6. The van der Waals surface area contributed by atoms with Gasteiger partial charge in [0.25, 0.3) is 0 Å². The van der Waals surface area contributed by atoms with Gasteiger partial charge in [0, 0.05) is 24.4 Å². The Morgan fingerprint density at radius 2 is 1.73 bits per heavy atom. The second-order valence-electron chi connectivity index (χ2n) is 8.58. The van der Waals surface area contributed by atoms with E-state index in [0.717, 1.165) is 43.2 Å². The summed E-state index contributed by atoms with van der Waals surface area (Å²) in [6.45, 7) is 3.75. The highest BCUT2D eigenvalue weighted by molar-refractivity contribution is 5.72. The van der Waals surface area contributed by atoms with Crippen LogP contribution in [-0.4, -0.2) is 29.6 Å². The van der Waals surface area contributed by atoms with Crippen LogP contribution >= 0.6 is 0 Å². The molecule has 1 N–H and O–H groups in total. The van der Waals surface area contributed by atoms with Crippen LogP contribution < -0.4 is 10.1 Å². The molecule has 2 heterocycles. The molecule has 5 nitrogen and oxygen atoms in total. The Balaban J connectivity index is 1.27. The van der Waals surface area contributed by atoms with Crippen LogP contribution in [0, 0.1) is 5.92 Å². The normalized spacial score (nSPS) is 18.2. The summed E-state index contributed by atoms with van der Waals surface area (Å²) in [7, 11) is 0. The topological polar surface area (TPSA) is 56.3 Å². The summed E-state index contributed by atoms with van der Waals surface area (Å²) in [4.78, 5) is 0. The first-order chi connectivity index (χ1) is 14.8. The van der Waals surface area contributed by atoms with Crippen molar-refractivity contribution in [3.63, 3.8) is 0 Å². The zero-order valence-electron chi connectivity index (χ0n) is 18.7. The van der Waals surface area contributed by atoms with E-state index in [4.69, 9.17) is 9.47 Å². The molecule has 1 fully saturated rings. The summed E-state index contributed by atoms with van der Waals surface area (Å²) >= 11 is 0. The van der Waals surface area contributed by atoms with Gasteiger partial charge in [-0.25, -0.2) is 0 Å². The Kier molecular flexibility index (Phi) is 10.2. The Bertz CT molecular complexity index is 653. The molecule has 0 bridgehead atoms. The lowest BCUT2D eigenvalue weighted by atomic mass is 10.1. The van der Waals surface area contributed by atoms with Gasteiger partial charge in [0.05, 0.1) is 12.3 Å². The number of rotatable bonds is 16. The maximum absolute atomic E-state index is 5.86. The fourth-order valence-corrected chi connectivity index (χ4v) is 3.67.